The first-order valence-corrected chi connectivity index (χ1v) is 10.5. The van der Waals surface area contributed by atoms with Gasteiger partial charge in [0.2, 0.25) is 5.88 Å². The standard InChI is InChI=1S/C24H22ClN3O4/c1-14(28-31-3)10-15-4-7-18(24(15)29)19-12-17(6-9-22(19)30-2)32-23-13-26-21-11-16(25)5-8-20(21)27-23/h5-9,11-13,15H,4,10H2,1-3H3. The monoisotopic (exact) mass is 451 g/mol. The summed E-state index contributed by atoms with van der Waals surface area (Å²) in [5.41, 5.74) is 3.42. The molecule has 1 aliphatic carbocycles. The van der Waals surface area contributed by atoms with Gasteiger partial charge in [0.1, 0.15) is 18.6 Å². The number of rotatable bonds is 7. The highest BCUT2D eigenvalue weighted by Gasteiger charge is 2.30. The summed E-state index contributed by atoms with van der Waals surface area (Å²) in [6.07, 6.45) is 4.66. The van der Waals surface area contributed by atoms with Gasteiger partial charge in [-0.25, -0.2) is 9.97 Å². The lowest BCUT2D eigenvalue weighted by atomic mass is 9.94. The molecule has 3 aromatic rings. The second-order valence-corrected chi connectivity index (χ2v) is 7.87. The minimum atomic E-state index is -0.170. The Bertz CT molecular complexity index is 1240. The maximum absolute atomic E-state index is 13.1. The van der Waals surface area contributed by atoms with E-state index in [0.717, 1.165) is 5.71 Å². The fourth-order valence-corrected chi connectivity index (χ4v) is 3.92. The third kappa shape index (κ3) is 4.57. The maximum Gasteiger partial charge on any atom is 0.238 e. The molecule has 1 aliphatic rings. The van der Waals surface area contributed by atoms with Gasteiger partial charge in [0, 0.05) is 22.1 Å². The number of carbonyl (C=O) groups excluding carboxylic acids is 1. The predicted molar refractivity (Wildman–Crippen MR) is 123 cm³/mol. The second kappa shape index (κ2) is 9.36. The summed E-state index contributed by atoms with van der Waals surface area (Å²) in [5, 5.41) is 4.51. The first-order valence-electron chi connectivity index (χ1n) is 10.1. The normalized spacial score (nSPS) is 16.2. The summed E-state index contributed by atoms with van der Waals surface area (Å²) in [4.78, 5) is 26.7. The molecule has 0 amide bonds. The lowest BCUT2D eigenvalue weighted by Gasteiger charge is -2.13. The van der Waals surface area contributed by atoms with Crippen LogP contribution in [0, 0.1) is 5.92 Å². The van der Waals surface area contributed by atoms with Crippen LogP contribution in [-0.4, -0.2) is 35.7 Å². The Morgan fingerprint density at radius 1 is 1.19 bits per heavy atom. The van der Waals surface area contributed by atoms with Crippen LogP contribution in [0.25, 0.3) is 16.6 Å². The van der Waals surface area contributed by atoms with Crippen LogP contribution in [0.2, 0.25) is 5.02 Å². The Hall–Kier alpha value is -3.45. The SMILES string of the molecule is CON=C(C)CC1CC=C(c2cc(Oc3cnc4cc(Cl)ccc4n3)ccc2OC)C1=O. The zero-order valence-electron chi connectivity index (χ0n) is 18.0. The highest BCUT2D eigenvalue weighted by molar-refractivity contribution is 6.31. The number of benzene rings is 2. The molecule has 32 heavy (non-hydrogen) atoms. The molecule has 4 rings (SSSR count). The van der Waals surface area contributed by atoms with Crippen molar-refractivity contribution in [1.29, 1.82) is 0 Å². The number of ether oxygens (including phenoxy) is 2. The van der Waals surface area contributed by atoms with E-state index in [-0.39, 0.29) is 11.7 Å². The molecule has 0 N–H and O–H groups in total. The molecule has 1 heterocycles. The number of allylic oxidation sites excluding steroid dienone is 2. The number of methoxy groups -OCH3 is 1. The molecular weight excluding hydrogens is 430 g/mol. The van der Waals surface area contributed by atoms with Crippen LogP contribution in [0.5, 0.6) is 17.4 Å². The van der Waals surface area contributed by atoms with Gasteiger partial charge in [-0.2, -0.15) is 0 Å². The molecule has 1 unspecified atom stereocenters. The van der Waals surface area contributed by atoms with E-state index in [0.29, 0.717) is 57.4 Å². The minimum Gasteiger partial charge on any atom is -0.496 e. The Morgan fingerprint density at radius 2 is 2.03 bits per heavy atom. The number of ketones is 1. The molecular formula is C24H22ClN3O4. The van der Waals surface area contributed by atoms with E-state index in [1.54, 1.807) is 43.5 Å². The van der Waals surface area contributed by atoms with Crippen LogP contribution in [-0.2, 0) is 9.63 Å². The minimum absolute atomic E-state index is 0.0495. The number of carbonyl (C=O) groups is 1. The van der Waals surface area contributed by atoms with Crippen molar-refractivity contribution in [3.05, 3.63) is 59.3 Å². The van der Waals surface area contributed by atoms with Gasteiger partial charge in [-0.05, 0) is 56.2 Å². The molecule has 8 heteroatoms. The van der Waals surface area contributed by atoms with Crippen LogP contribution in [0.3, 0.4) is 0 Å². The highest BCUT2D eigenvalue weighted by atomic mass is 35.5. The van der Waals surface area contributed by atoms with E-state index in [9.17, 15) is 4.79 Å². The van der Waals surface area contributed by atoms with E-state index in [1.165, 1.54) is 13.3 Å². The van der Waals surface area contributed by atoms with Crippen LogP contribution in [0.1, 0.15) is 25.3 Å². The number of aromatic nitrogens is 2. The van der Waals surface area contributed by atoms with Crippen LogP contribution in [0.4, 0.5) is 0 Å². The third-order valence-electron chi connectivity index (χ3n) is 5.20. The summed E-state index contributed by atoms with van der Waals surface area (Å²) in [6.45, 7) is 1.85. The average molecular weight is 452 g/mol. The van der Waals surface area contributed by atoms with Gasteiger partial charge in [0.05, 0.1) is 30.1 Å². The van der Waals surface area contributed by atoms with Gasteiger partial charge >= 0.3 is 0 Å². The summed E-state index contributed by atoms with van der Waals surface area (Å²) >= 11 is 6.01. The van der Waals surface area contributed by atoms with E-state index >= 15 is 0 Å². The molecule has 0 fully saturated rings. The van der Waals surface area contributed by atoms with Crippen molar-refractivity contribution in [3.63, 3.8) is 0 Å². The zero-order valence-corrected chi connectivity index (χ0v) is 18.7. The smallest absolute Gasteiger partial charge is 0.238 e. The number of Topliss-reactive ketones (excluding diaryl/α,β-unsaturated/α-hetero) is 1. The number of hydrogen-bond acceptors (Lipinski definition) is 7. The molecule has 7 nitrogen and oxygen atoms in total. The largest absolute Gasteiger partial charge is 0.496 e. The van der Waals surface area contributed by atoms with E-state index in [2.05, 4.69) is 15.1 Å². The summed E-state index contributed by atoms with van der Waals surface area (Å²) in [5.74, 6) is 1.34. The molecule has 0 spiro atoms. The van der Waals surface area contributed by atoms with Crippen LogP contribution >= 0.6 is 11.6 Å². The molecule has 0 saturated heterocycles. The lowest BCUT2D eigenvalue weighted by Crippen LogP contribution is -2.14. The quantitative estimate of drug-likeness (QED) is 0.350. The van der Waals surface area contributed by atoms with Crippen molar-refractivity contribution < 1.29 is 19.1 Å². The second-order valence-electron chi connectivity index (χ2n) is 7.43. The molecule has 0 radical (unpaired) electrons. The van der Waals surface area contributed by atoms with Gasteiger partial charge < -0.3 is 14.3 Å². The number of halogens is 1. The number of hydrogen-bond donors (Lipinski definition) is 0. The Kier molecular flexibility index (Phi) is 6.37. The van der Waals surface area contributed by atoms with Crippen LogP contribution < -0.4 is 9.47 Å². The van der Waals surface area contributed by atoms with Crippen molar-refractivity contribution in [1.82, 2.24) is 9.97 Å². The van der Waals surface area contributed by atoms with Crippen molar-refractivity contribution in [3.8, 4) is 17.4 Å². The number of oxime groups is 1. The van der Waals surface area contributed by atoms with Gasteiger partial charge in [0.25, 0.3) is 0 Å². The van der Waals surface area contributed by atoms with Gasteiger partial charge in [-0.1, -0.05) is 22.8 Å². The van der Waals surface area contributed by atoms with Gasteiger partial charge in [-0.3, -0.25) is 4.79 Å². The topological polar surface area (TPSA) is 82.9 Å². The van der Waals surface area contributed by atoms with Crippen molar-refractivity contribution >= 4 is 39.7 Å². The van der Waals surface area contributed by atoms with E-state index in [4.69, 9.17) is 25.9 Å². The fraction of sp³-hybridized carbons (Fsp3) is 0.250. The van der Waals surface area contributed by atoms with E-state index in [1.807, 2.05) is 13.0 Å². The maximum atomic E-state index is 13.1. The fourth-order valence-electron chi connectivity index (χ4n) is 3.75. The lowest BCUT2D eigenvalue weighted by molar-refractivity contribution is -0.116. The van der Waals surface area contributed by atoms with Crippen molar-refractivity contribution in [2.75, 3.05) is 14.2 Å². The molecule has 1 atom stereocenters. The number of fused-ring (bicyclic) bond motifs is 1. The Labute approximate surface area is 190 Å². The van der Waals surface area contributed by atoms with E-state index < -0.39 is 0 Å². The van der Waals surface area contributed by atoms with Crippen LogP contribution in [0.15, 0.2) is 53.8 Å². The number of nitrogens with zero attached hydrogens (tertiary/aromatic N) is 3. The molecule has 2 aromatic carbocycles. The highest BCUT2D eigenvalue weighted by Crippen LogP contribution is 2.38. The summed E-state index contributed by atoms with van der Waals surface area (Å²) in [6, 6.07) is 10.6. The molecule has 0 saturated carbocycles. The first-order chi connectivity index (χ1) is 15.5. The van der Waals surface area contributed by atoms with Gasteiger partial charge in [-0.15, -0.1) is 0 Å². The van der Waals surface area contributed by atoms with Crippen molar-refractivity contribution in [2.24, 2.45) is 11.1 Å². The van der Waals surface area contributed by atoms with Crippen molar-refractivity contribution in [2.45, 2.75) is 19.8 Å². The molecule has 0 bridgehead atoms. The summed E-state index contributed by atoms with van der Waals surface area (Å²) < 4.78 is 11.4. The summed E-state index contributed by atoms with van der Waals surface area (Å²) in [7, 11) is 3.07. The average Bonchev–Trinajstić information content (AvgIpc) is 3.13. The molecule has 1 aromatic heterocycles. The first kappa shape index (κ1) is 21.8. The molecule has 164 valence electrons. The third-order valence-corrected chi connectivity index (χ3v) is 5.43. The Balaban J connectivity index is 1.59. The zero-order chi connectivity index (χ0) is 22.7. The molecule has 0 aliphatic heterocycles. The van der Waals surface area contributed by atoms with Gasteiger partial charge in [0.15, 0.2) is 5.78 Å². The predicted octanol–water partition coefficient (Wildman–Crippen LogP) is 5.47. The Morgan fingerprint density at radius 3 is 2.81 bits per heavy atom.